The molecule has 2 amide bonds. The van der Waals surface area contributed by atoms with Gasteiger partial charge in [-0.15, -0.1) is 0 Å². The lowest BCUT2D eigenvalue weighted by molar-refractivity contribution is -0.136. The maximum absolute atomic E-state index is 13.4. The van der Waals surface area contributed by atoms with Crippen LogP contribution in [0.5, 0.6) is 17.2 Å². The van der Waals surface area contributed by atoms with E-state index in [4.69, 9.17) is 14.2 Å². The van der Waals surface area contributed by atoms with Crippen molar-refractivity contribution in [2.45, 2.75) is 25.3 Å². The second-order valence-corrected chi connectivity index (χ2v) is 7.90. The molecule has 2 aliphatic rings. The van der Waals surface area contributed by atoms with Crippen LogP contribution in [0.1, 0.15) is 30.9 Å². The Morgan fingerprint density at radius 3 is 2.35 bits per heavy atom. The average molecular weight is 424 g/mol. The maximum atomic E-state index is 13.4. The Labute approximate surface area is 182 Å². The SMILES string of the molecule is COc1ccc(N2CC(C(=O)N3CCCC3c3ccc(OC)cc3OC)CC2=O)cc1. The molecule has 0 aromatic heterocycles. The van der Waals surface area contributed by atoms with Gasteiger partial charge in [0.15, 0.2) is 0 Å². The van der Waals surface area contributed by atoms with Crippen LogP contribution in [-0.2, 0) is 9.59 Å². The van der Waals surface area contributed by atoms with E-state index in [1.54, 1.807) is 26.2 Å². The predicted octanol–water partition coefficient (Wildman–Crippen LogP) is 3.43. The molecule has 2 aliphatic heterocycles. The van der Waals surface area contributed by atoms with Gasteiger partial charge in [-0.25, -0.2) is 0 Å². The monoisotopic (exact) mass is 424 g/mol. The first-order chi connectivity index (χ1) is 15.0. The number of hydrogen-bond acceptors (Lipinski definition) is 5. The van der Waals surface area contributed by atoms with Crippen LogP contribution in [0.15, 0.2) is 42.5 Å². The predicted molar refractivity (Wildman–Crippen MR) is 117 cm³/mol. The minimum atomic E-state index is -0.348. The van der Waals surface area contributed by atoms with Crippen LogP contribution in [0, 0.1) is 5.92 Å². The fourth-order valence-corrected chi connectivity index (χ4v) is 4.57. The van der Waals surface area contributed by atoms with Crippen LogP contribution >= 0.6 is 0 Å². The molecule has 31 heavy (non-hydrogen) atoms. The molecule has 2 heterocycles. The molecule has 2 fully saturated rings. The first kappa shape index (κ1) is 21.0. The second kappa shape index (κ2) is 8.88. The van der Waals surface area contributed by atoms with Gasteiger partial charge in [-0.1, -0.05) is 0 Å². The van der Waals surface area contributed by atoms with E-state index in [1.807, 2.05) is 47.4 Å². The summed E-state index contributed by atoms with van der Waals surface area (Å²) in [5, 5.41) is 0. The minimum absolute atomic E-state index is 0.0266. The van der Waals surface area contributed by atoms with Crippen LogP contribution in [0.4, 0.5) is 5.69 Å². The molecular weight excluding hydrogens is 396 g/mol. The Morgan fingerprint density at radius 2 is 1.68 bits per heavy atom. The number of amides is 2. The lowest BCUT2D eigenvalue weighted by Gasteiger charge is -2.28. The van der Waals surface area contributed by atoms with Crippen molar-refractivity contribution >= 4 is 17.5 Å². The van der Waals surface area contributed by atoms with Gasteiger partial charge in [-0.2, -0.15) is 0 Å². The molecule has 0 saturated carbocycles. The van der Waals surface area contributed by atoms with Crippen molar-refractivity contribution in [3.8, 4) is 17.2 Å². The topological polar surface area (TPSA) is 68.3 Å². The smallest absolute Gasteiger partial charge is 0.228 e. The standard InChI is InChI=1S/C24H28N2O5/c1-29-18-8-6-17(7-9-18)26-15-16(13-23(26)27)24(28)25-12-4-5-21(25)20-11-10-19(30-2)14-22(20)31-3/h6-11,14,16,21H,4-5,12-13,15H2,1-3H3. The number of carbonyl (C=O) groups excluding carboxylic acids is 2. The van der Waals surface area contributed by atoms with E-state index in [2.05, 4.69) is 0 Å². The highest BCUT2D eigenvalue weighted by Crippen LogP contribution is 2.40. The van der Waals surface area contributed by atoms with Crippen molar-refractivity contribution in [1.82, 2.24) is 4.90 Å². The Kier molecular flexibility index (Phi) is 6.02. The zero-order valence-electron chi connectivity index (χ0n) is 18.2. The minimum Gasteiger partial charge on any atom is -0.497 e. The van der Waals surface area contributed by atoms with Gasteiger partial charge in [0.2, 0.25) is 11.8 Å². The number of likely N-dealkylation sites (tertiary alicyclic amines) is 1. The zero-order valence-corrected chi connectivity index (χ0v) is 18.2. The van der Waals surface area contributed by atoms with Crippen LogP contribution in [0.2, 0.25) is 0 Å². The lowest BCUT2D eigenvalue weighted by atomic mass is 10.0. The van der Waals surface area contributed by atoms with Crippen molar-refractivity contribution in [3.05, 3.63) is 48.0 Å². The van der Waals surface area contributed by atoms with Gasteiger partial charge in [0.25, 0.3) is 0 Å². The van der Waals surface area contributed by atoms with E-state index in [9.17, 15) is 9.59 Å². The molecule has 2 unspecified atom stereocenters. The van der Waals surface area contributed by atoms with Crippen LogP contribution < -0.4 is 19.1 Å². The number of ether oxygens (including phenoxy) is 3. The molecule has 2 aromatic carbocycles. The number of rotatable bonds is 6. The van der Waals surface area contributed by atoms with E-state index >= 15 is 0 Å². The number of benzene rings is 2. The van der Waals surface area contributed by atoms with Gasteiger partial charge < -0.3 is 24.0 Å². The van der Waals surface area contributed by atoms with Gasteiger partial charge in [0, 0.05) is 36.8 Å². The molecule has 0 spiro atoms. The molecule has 164 valence electrons. The van der Waals surface area contributed by atoms with Crippen molar-refractivity contribution in [2.75, 3.05) is 39.3 Å². The summed E-state index contributed by atoms with van der Waals surface area (Å²) in [6.07, 6.45) is 2.03. The maximum Gasteiger partial charge on any atom is 0.228 e. The molecule has 2 saturated heterocycles. The molecule has 0 bridgehead atoms. The van der Waals surface area contributed by atoms with E-state index in [1.165, 1.54) is 0 Å². The quantitative estimate of drug-likeness (QED) is 0.711. The normalized spacial score (nSPS) is 20.8. The van der Waals surface area contributed by atoms with Crippen molar-refractivity contribution in [2.24, 2.45) is 5.92 Å². The number of anilines is 1. The third-order valence-corrected chi connectivity index (χ3v) is 6.19. The van der Waals surface area contributed by atoms with E-state index in [0.717, 1.165) is 29.8 Å². The largest absolute Gasteiger partial charge is 0.497 e. The number of nitrogens with zero attached hydrogens (tertiary/aromatic N) is 2. The highest BCUT2D eigenvalue weighted by Gasteiger charge is 2.41. The molecule has 2 aromatic rings. The van der Waals surface area contributed by atoms with Gasteiger partial charge in [-0.05, 0) is 49.2 Å². The highest BCUT2D eigenvalue weighted by molar-refractivity contribution is 6.00. The number of carbonyl (C=O) groups is 2. The summed E-state index contributed by atoms with van der Waals surface area (Å²) < 4.78 is 16.1. The highest BCUT2D eigenvalue weighted by atomic mass is 16.5. The fourth-order valence-electron chi connectivity index (χ4n) is 4.57. The first-order valence-corrected chi connectivity index (χ1v) is 10.5. The Bertz CT molecular complexity index is 959. The molecular formula is C24H28N2O5. The summed E-state index contributed by atoms with van der Waals surface area (Å²) in [4.78, 5) is 29.7. The van der Waals surface area contributed by atoms with E-state index in [0.29, 0.717) is 24.6 Å². The summed E-state index contributed by atoms with van der Waals surface area (Å²) in [7, 11) is 4.85. The van der Waals surface area contributed by atoms with E-state index in [-0.39, 0.29) is 30.2 Å². The Morgan fingerprint density at radius 1 is 0.968 bits per heavy atom. The summed E-state index contributed by atoms with van der Waals surface area (Å²) in [6.45, 7) is 1.08. The summed E-state index contributed by atoms with van der Waals surface area (Å²) in [6, 6.07) is 13.0. The van der Waals surface area contributed by atoms with E-state index < -0.39 is 0 Å². The van der Waals surface area contributed by atoms with Gasteiger partial charge >= 0.3 is 0 Å². The summed E-state index contributed by atoms with van der Waals surface area (Å²) in [5.74, 6) is 1.82. The zero-order chi connectivity index (χ0) is 22.0. The van der Waals surface area contributed by atoms with Gasteiger partial charge in [-0.3, -0.25) is 9.59 Å². The van der Waals surface area contributed by atoms with Crippen LogP contribution in [0.25, 0.3) is 0 Å². The molecule has 0 aliphatic carbocycles. The second-order valence-electron chi connectivity index (χ2n) is 7.90. The number of methoxy groups -OCH3 is 3. The summed E-state index contributed by atoms with van der Waals surface area (Å²) in [5.41, 5.74) is 1.77. The molecule has 0 radical (unpaired) electrons. The molecule has 7 heteroatoms. The van der Waals surface area contributed by atoms with Gasteiger partial charge in [0.05, 0.1) is 33.3 Å². The fraction of sp³-hybridized carbons (Fsp3) is 0.417. The van der Waals surface area contributed by atoms with Gasteiger partial charge in [0.1, 0.15) is 17.2 Å². The Balaban J connectivity index is 1.52. The molecule has 4 rings (SSSR count). The molecule has 0 N–H and O–H groups in total. The number of hydrogen-bond donors (Lipinski definition) is 0. The van der Waals surface area contributed by atoms with Crippen molar-refractivity contribution in [1.29, 1.82) is 0 Å². The van der Waals surface area contributed by atoms with Crippen molar-refractivity contribution in [3.63, 3.8) is 0 Å². The van der Waals surface area contributed by atoms with Crippen molar-refractivity contribution < 1.29 is 23.8 Å². The first-order valence-electron chi connectivity index (χ1n) is 10.5. The molecule has 2 atom stereocenters. The third-order valence-electron chi connectivity index (χ3n) is 6.19. The average Bonchev–Trinajstić information content (AvgIpc) is 3.45. The lowest BCUT2D eigenvalue weighted by Crippen LogP contribution is -2.37. The van der Waals surface area contributed by atoms with Crippen LogP contribution in [0.3, 0.4) is 0 Å². The molecule has 7 nitrogen and oxygen atoms in total. The Hall–Kier alpha value is -3.22. The third kappa shape index (κ3) is 4.04. The summed E-state index contributed by atoms with van der Waals surface area (Å²) >= 11 is 0. The van der Waals surface area contributed by atoms with Crippen LogP contribution in [-0.4, -0.2) is 51.1 Å².